The quantitative estimate of drug-likeness (QED) is 0.568. The number of anilines is 1. The van der Waals surface area contributed by atoms with Crippen LogP contribution in [0, 0.1) is 5.82 Å². The second kappa shape index (κ2) is 9.18. The van der Waals surface area contributed by atoms with Crippen LogP contribution in [0.2, 0.25) is 0 Å². The molecule has 0 fully saturated rings. The third kappa shape index (κ3) is 4.29. The van der Waals surface area contributed by atoms with Gasteiger partial charge in [-0.3, -0.25) is 23.5 Å². The molecule has 5 rings (SSSR count). The molecule has 0 bridgehead atoms. The minimum Gasteiger partial charge on any atom is -0.349 e. The molecule has 1 aromatic heterocycles. The van der Waals surface area contributed by atoms with E-state index in [9.17, 15) is 23.6 Å². The van der Waals surface area contributed by atoms with Crippen molar-refractivity contribution in [2.75, 3.05) is 11.1 Å². The fraction of sp³-hybridized carbons (Fsp3) is 0.280. The van der Waals surface area contributed by atoms with Crippen LogP contribution in [0.15, 0.2) is 63.0 Å². The van der Waals surface area contributed by atoms with Gasteiger partial charge < -0.3 is 10.6 Å². The van der Waals surface area contributed by atoms with Crippen molar-refractivity contribution in [1.29, 1.82) is 0 Å². The maximum atomic E-state index is 13.8. The summed E-state index contributed by atoms with van der Waals surface area (Å²) in [6, 6.07) is 13.3. The predicted octanol–water partition coefficient (Wildman–Crippen LogP) is 2.51. The van der Waals surface area contributed by atoms with Gasteiger partial charge in [0.2, 0.25) is 11.8 Å². The van der Waals surface area contributed by atoms with Gasteiger partial charge in [-0.1, -0.05) is 30.3 Å². The average molecular weight is 495 g/mol. The smallest absolute Gasteiger partial charge is 0.332 e. The van der Waals surface area contributed by atoms with E-state index in [1.807, 2.05) is 30.3 Å². The Balaban J connectivity index is 1.43. The highest BCUT2D eigenvalue weighted by Crippen LogP contribution is 2.37. The van der Waals surface area contributed by atoms with Gasteiger partial charge in [0.1, 0.15) is 11.6 Å². The van der Waals surface area contributed by atoms with E-state index in [2.05, 4.69) is 10.6 Å². The van der Waals surface area contributed by atoms with Gasteiger partial charge in [-0.15, -0.1) is 11.8 Å². The summed E-state index contributed by atoms with van der Waals surface area (Å²) >= 11 is 1.60. The van der Waals surface area contributed by atoms with E-state index >= 15 is 0 Å². The normalized spacial score (nSPS) is 18.5. The number of nitrogens with one attached hydrogen (secondary N) is 2. The van der Waals surface area contributed by atoms with Gasteiger partial charge in [0.05, 0.1) is 24.1 Å². The molecule has 0 aliphatic carbocycles. The Hall–Kier alpha value is -3.66. The predicted molar refractivity (Wildman–Crippen MR) is 130 cm³/mol. The van der Waals surface area contributed by atoms with E-state index < -0.39 is 29.0 Å². The second-order valence-electron chi connectivity index (χ2n) is 8.67. The molecule has 0 unspecified atom stereocenters. The molecule has 2 aliphatic heterocycles. The lowest BCUT2D eigenvalue weighted by Gasteiger charge is -2.26. The topological polar surface area (TPSA) is 102 Å². The zero-order chi connectivity index (χ0) is 24.7. The molecule has 180 valence electrons. The molecule has 3 aromatic rings. The first-order valence-corrected chi connectivity index (χ1v) is 12.2. The van der Waals surface area contributed by atoms with Crippen LogP contribution in [0.5, 0.6) is 0 Å². The maximum Gasteiger partial charge on any atom is 0.332 e. The first kappa shape index (κ1) is 23.1. The molecule has 2 amide bonds. The van der Waals surface area contributed by atoms with Crippen LogP contribution in [0.25, 0.3) is 0 Å². The molecule has 2 atom stereocenters. The van der Waals surface area contributed by atoms with Gasteiger partial charge in [-0.2, -0.15) is 0 Å². The van der Waals surface area contributed by atoms with E-state index in [-0.39, 0.29) is 36.2 Å². The fourth-order valence-electron chi connectivity index (χ4n) is 4.64. The van der Waals surface area contributed by atoms with Gasteiger partial charge in [-0.25, -0.2) is 9.18 Å². The molecule has 2 aromatic carbocycles. The third-order valence-electron chi connectivity index (χ3n) is 6.40. The SMILES string of the molecule is Cn1c(=O)c2c(n(Cc3ccccc3)c1=O)NC(=O)[C@H]2CC(=O)N[C@@H]1CCSc2ccc(F)cc21. The van der Waals surface area contributed by atoms with E-state index in [1.165, 1.54) is 23.7 Å². The number of aromatic nitrogens is 2. The summed E-state index contributed by atoms with van der Waals surface area (Å²) in [6.07, 6.45) is 0.366. The van der Waals surface area contributed by atoms with E-state index in [0.29, 0.717) is 12.0 Å². The number of nitrogens with zero attached hydrogens (tertiary/aromatic N) is 2. The summed E-state index contributed by atoms with van der Waals surface area (Å²) in [6.45, 7) is 0.164. The molecular weight excluding hydrogens is 471 g/mol. The van der Waals surface area contributed by atoms with Crippen molar-refractivity contribution >= 4 is 29.4 Å². The van der Waals surface area contributed by atoms with Crippen molar-refractivity contribution in [2.45, 2.75) is 36.2 Å². The molecule has 3 heterocycles. The Morgan fingerprint density at radius 1 is 1.17 bits per heavy atom. The maximum absolute atomic E-state index is 13.8. The van der Waals surface area contributed by atoms with Crippen LogP contribution in [-0.4, -0.2) is 26.7 Å². The number of benzene rings is 2. The van der Waals surface area contributed by atoms with Gasteiger partial charge in [0, 0.05) is 24.1 Å². The largest absolute Gasteiger partial charge is 0.349 e. The Labute approximate surface area is 204 Å². The highest BCUT2D eigenvalue weighted by molar-refractivity contribution is 7.99. The third-order valence-corrected chi connectivity index (χ3v) is 7.53. The van der Waals surface area contributed by atoms with Crippen molar-refractivity contribution in [3.05, 3.63) is 91.9 Å². The molecule has 0 saturated heterocycles. The summed E-state index contributed by atoms with van der Waals surface area (Å²) in [5, 5.41) is 5.56. The molecule has 0 radical (unpaired) electrons. The Morgan fingerprint density at radius 3 is 2.71 bits per heavy atom. The molecule has 0 spiro atoms. The van der Waals surface area contributed by atoms with Crippen LogP contribution in [0.1, 0.15) is 41.5 Å². The first-order valence-electron chi connectivity index (χ1n) is 11.2. The molecule has 10 heteroatoms. The monoisotopic (exact) mass is 494 g/mol. The molecular formula is C25H23FN4O4S. The number of amides is 2. The van der Waals surface area contributed by atoms with Crippen LogP contribution in [0.3, 0.4) is 0 Å². The molecule has 2 aliphatic rings. The van der Waals surface area contributed by atoms with Crippen LogP contribution >= 0.6 is 11.8 Å². The summed E-state index contributed by atoms with van der Waals surface area (Å²) in [5.74, 6) is -1.45. The number of halogens is 1. The Bertz CT molecular complexity index is 1450. The minimum atomic E-state index is -1.03. The lowest BCUT2D eigenvalue weighted by molar-refractivity contribution is -0.125. The first-order chi connectivity index (χ1) is 16.8. The number of carbonyl (C=O) groups excluding carboxylic acids is 2. The number of rotatable bonds is 5. The number of fused-ring (bicyclic) bond motifs is 2. The summed E-state index contributed by atoms with van der Waals surface area (Å²) in [4.78, 5) is 52.6. The highest BCUT2D eigenvalue weighted by Gasteiger charge is 2.38. The van der Waals surface area contributed by atoms with Gasteiger partial charge in [-0.05, 0) is 35.7 Å². The Kier molecular flexibility index (Phi) is 6.06. The number of hydrogen-bond donors (Lipinski definition) is 2. The average Bonchev–Trinajstić information content (AvgIpc) is 3.17. The zero-order valence-electron chi connectivity index (χ0n) is 18.9. The van der Waals surface area contributed by atoms with E-state index in [0.717, 1.165) is 20.8 Å². The van der Waals surface area contributed by atoms with Crippen LogP contribution < -0.4 is 21.9 Å². The zero-order valence-corrected chi connectivity index (χ0v) is 19.7. The van der Waals surface area contributed by atoms with Crippen LogP contribution in [-0.2, 0) is 23.2 Å². The standard InChI is InChI=1S/C25H23FN4O4S/c1-29-24(33)21-17(12-20(31)27-18-9-10-35-19-8-7-15(26)11-16(18)19)23(32)28-22(21)30(25(29)34)13-14-5-3-2-4-6-14/h2-8,11,17-18H,9-10,12-13H2,1H3,(H,27,31)(H,28,32)/t17-,18+/m0/s1. The van der Waals surface area contributed by atoms with Crippen molar-refractivity contribution in [3.63, 3.8) is 0 Å². The van der Waals surface area contributed by atoms with Crippen LogP contribution in [0.4, 0.5) is 10.2 Å². The highest BCUT2D eigenvalue weighted by atomic mass is 32.2. The van der Waals surface area contributed by atoms with E-state index in [1.54, 1.807) is 17.8 Å². The van der Waals surface area contributed by atoms with Crippen molar-refractivity contribution in [3.8, 4) is 0 Å². The molecule has 2 N–H and O–H groups in total. The lowest BCUT2D eigenvalue weighted by atomic mass is 9.97. The van der Waals surface area contributed by atoms with Crippen molar-refractivity contribution < 1.29 is 14.0 Å². The molecule has 0 saturated carbocycles. The number of hydrogen-bond acceptors (Lipinski definition) is 5. The van der Waals surface area contributed by atoms with Crippen molar-refractivity contribution in [2.24, 2.45) is 7.05 Å². The number of carbonyl (C=O) groups is 2. The molecule has 35 heavy (non-hydrogen) atoms. The molecule has 8 nitrogen and oxygen atoms in total. The van der Waals surface area contributed by atoms with Gasteiger partial charge in [0.25, 0.3) is 5.56 Å². The Morgan fingerprint density at radius 2 is 1.94 bits per heavy atom. The number of thioether (sulfide) groups is 1. The summed E-state index contributed by atoms with van der Waals surface area (Å²) < 4.78 is 16.1. The second-order valence-corrected chi connectivity index (χ2v) is 9.80. The van der Waals surface area contributed by atoms with Gasteiger partial charge >= 0.3 is 5.69 Å². The minimum absolute atomic E-state index is 0.105. The van der Waals surface area contributed by atoms with Gasteiger partial charge in [0.15, 0.2) is 0 Å². The fourth-order valence-corrected chi connectivity index (χ4v) is 5.74. The summed E-state index contributed by atoms with van der Waals surface area (Å²) in [7, 11) is 1.36. The van der Waals surface area contributed by atoms with Crippen molar-refractivity contribution in [1.82, 2.24) is 14.5 Å². The van der Waals surface area contributed by atoms with E-state index in [4.69, 9.17) is 0 Å². The summed E-state index contributed by atoms with van der Waals surface area (Å²) in [5.41, 5.74) is 0.479. The lowest BCUT2D eigenvalue weighted by Crippen LogP contribution is -2.40.